The van der Waals surface area contributed by atoms with Gasteiger partial charge in [0, 0.05) is 17.9 Å². The van der Waals surface area contributed by atoms with E-state index in [1.54, 1.807) is 12.3 Å². The largest absolute Gasteiger partial charge is 0.350 e. The molecule has 1 aliphatic heterocycles. The van der Waals surface area contributed by atoms with E-state index in [9.17, 15) is 8.42 Å². The molecular formula is C9H13N3O2S. The number of hydrogen-bond donors (Lipinski definition) is 1. The summed E-state index contributed by atoms with van der Waals surface area (Å²) in [4.78, 5) is 8.20. The molecule has 0 radical (unpaired) electrons. The highest BCUT2D eigenvalue weighted by Crippen LogP contribution is 2.14. The van der Waals surface area contributed by atoms with Gasteiger partial charge in [0.2, 0.25) is 5.95 Å². The SMILES string of the molecule is Cc1ccnc(NC2CCS(=O)(=O)C2)n1. The van der Waals surface area contributed by atoms with Crippen molar-refractivity contribution in [2.75, 3.05) is 16.8 Å². The third-order valence-corrected chi connectivity index (χ3v) is 4.13. The maximum absolute atomic E-state index is 11.2. The predicted octanol–water partition coefficient (Wildman–Crippen LogP) is 0.384. The van der Waals surface area contributed by atoms with Crippen LogP contribution in [0.15, 0.2) is 12.3 Å². The lowest BCUT2D eigenvalue weighted by Gasteiger charge is -2.10. The van der Waals surface area contributed by atoms with Crippen molar-refractivity contribution in [3.05, 3.63) is 18.0 Å². The Bertz CT molecular complexity index is 458. The predicted molar refractivity (Wildman–Crippen MR) is 57.5 cm³/mol. The molecule has 0 spiro atoms. The first-order chi connectivity index (χ1) is 7.05. The second kappa shape index (κ2) is 3.77. The lowest BCUT2D eigenvalue weighted by Crippen LogP contribution is -2.22. The summed E-state index contributed by atoms with van der Waals surface area (Å²) in [6.07, 6.45) is 2.30. The summed E-state index contributed by atoms with van der Waals surface area (Å²) in [5.41, 5.74) is 0.869. The van der Waals surface area contributed by atoms with Crippen molar-refractivity contribution in [3.8, 4) is 0 Å². The van der Waals surface area contributed by atoms with Crippen LogP contribution < -0.4 is 5.32 Å². The molecule has 6 heteroatoms. The smallest absolute Gasteiger partial charge is 0.223 e. The Balaban J connectivity index is 2.05. The minimum Gasteiger partial charge on any atom is -0.350 e. The molecule has 2 heterocycles. The molecular weight excluding hydrogens is 214 g/mol. The number of hydrogen-bond acceptors (Lipinski definition) is 5. The van der Waals surface area contributed by atoms with Gasteiger partial charge in [0.05, 0.1) is 11.5 Å². The van der Waals surface area contributed by atoms with Crippen LogP contribution in [0.1, 0.15) is 12.1 Å². The molecule has 15 heavy (non-hydrogen) atoms. The average Bonchev–Trinajstić information content (AvgIpc) is 2.45. The summed E-state index contributed by atoms with van der Waals surface area (Å²) in [5.74, 6) is 0.956. The number of anilines is 1. The van der Waals surface area contributed by atoms with Crippen molar-refractivity contribution >= 4 is 15.8 Å². The number of aromatic nitrogens is 2. The Hall–Kier alpha value is -1.17. The van der Waals surface area contributed by atoms with Crippen LogP contribution in [0, 0.1) is 6.92 Å². The number of nitrogens with zero attached hydrogens (tertiary/aromatic N) is 2. The van der Waals surface area contributed by atoms with E-state index >= 15 is 0 Å². The van der Waals surface area contributed by atoms with Gasteiger partial charge in [-0.05, 0) is 19.4 Å². The molecule has 1 fully saturated rings. The van der Waals surface area contributed by atoms with Gasteiger partial charge in [-0.25, -0.2) is 18.4 Å². The van der Waals surface area contributed by atoms with Gasteiger partial charge in [-0.2, -0.15) is 0 Å². The Labute approximate surface area is 88.9 Å². The van der Waals surface area contributed by atoms with Gasteiger partial charge in [-0.15, -0.1) is 0 Å². The van der Waals surface area contributed by atoms with Crippen molar-refractivity contribution in [1.29, 1.82) is 0 Å². The first-order valence-corrected chi connectivity index (χ1v) is 6.64. The van der Waals surface area contributed by atoms with Gasteiger partial charge in [-0.3, -0.25) is 0 Å². The average molecular weight is 227 g/mol. The van der Waals surface area contributed by atoms with E-state index in [1.165, 1.54) is 0 Å². The topological polar surface area (TPSA) is 72.0 Å². The van der Waals surface area contributed by atoms with Gasteiger partial charge in [0.25, 0.3) is 0 Å². The Morgan fingerprint density at radius 3 is 2.93 bits per heavy atom. The molecule has 1 aliphatic rings. The molecule has 0 aliphatic carbocycles. The molecule has 1 atom stereocenters. The maximum Gasteiger partial charge on any atom is 0.223 e. The minimum absolute atomic E-state index is 0.0446. The van der Waals surface area contributed by atoms with Gasteiger partial charge in [0.1, 0.15) is 0 Å². The van der Waals surface area contributed by atoms with Crippen LogP contribution in [0.2, 0.25) is 0 Å². The van der Waals surface area contributed by atoms with Crippen LogP contribution in [-0.2, 0) is 9.84 Å². The van der Waals surface area contributed by atoms with Crippen LogP contribution in [-0.4, -0.2) is 35.9 Å². The molecule has 1 aromatic heterocycles. The zero-order chi connectivity index (χ0) is 10.9. The lowest BCUT2D eigenvalue weighted by molar-refractivity contribution is 0.602. The monoisotopic (exact) mass is 227 g/mol. The molecule has 1 saturated heterocycles. The first-order valence-electron chi connectivity index (χ1n) is 4.82. The van der Waals surface area contributed by atoms with Crippen LogP contribution in [0.5, 0.6) is 0 Å². The summed E-state index contributed by atoms with van der Waals surface area (Å²) in [6, 6.07) is 1.76. The number of sulfone groups is 1. The zero-order valence-electron chi connectivity index (χ0n) is 8.47. The maximum atomic E-state index is 11.2. The molecule has 82 valence electrons. The molecule has 0 bridgehead atoms. The first kappa shape index (κ1) is 10.4. The summed E-state index contributed by atoms with van der Waals surface area (Å²) in [5, 5.41) is 3.04. The van der Waals surface area contributed by atoms with E-state index in [4.69, 9.17) is 0 Å². The molecule has 2 rings (SSSR count). The van der Waals surface area contributed by atoms with E-state index in [2.05, 4.69) is 15.3 Å². The van der Waals surface area contributed by atoms with Crippen molar-refractivity contribution in [3.63, 3.8) is 0 Å². The third kappa shape index (κ3) is 2.65. The number of aryl methyl sites for hydroxylation is 1. The molecule has 1 unspecified atom stereocenters. The number of rotatable bonds is 2. The highest BCUT2D eigenvalue weighted by Gasteiger charge is 2.28. The second-order valence-electron chi connectivity index (χ2n) is 3.77. The zero-order valence-corrected chi connectivity index (χ0v) is 9.29. The molecule has 0 aromatic carbocycles. The summed E-state index contributed by atoms with van der Waals surface area (Å²) < 4.78 is 22.4. The van der Waals surface area contributed by atoms with E-state index in [1.807, 2.05) is 6.92 Å². The Morgan fingerprint density at radius 2 is 2.33 bits per heavy atom. The van der Waals surface area contributed by atoms with Crippen molar-refractivity contribution < 1.29 is 8.42 Å². The highest BCUT2D eigenvalue weighted by molar-refractivity contribution is 7.91. The van der Waals surface area contributed by atoms with Crippen molar-refractivity contribution in [2.45, 2.75) is 19.4 Å². The van der Waals surface area contributed by atoms with Crippen molar-refractivity contribution in [2.24, 2.45) is 0 Å². The van der Waals surface area contributed by atoms with Crippen molar-refractivity contribution in [1.82, 2.24) is 9.97 Å². The van der Waals surface area contributed by atoms with Gasteiger partial charge < -0.3 is 5.32 Å². The molecule has 5 nitrogen and oxygen atoms in total. The third-order valence-electron chi connectivity index (χ3n) is 2.36. The fourth-order valence-corrected chi connectivity index (χ4v) is 3.28. The van der Waals surface area contributed by atoms with Gasteiger partial charge >= 0.3 is 0 Å². The Morgan fingerprint density at radius 1 is 1.53 bits per heavy atom. The molecule has 1 N–H and O–H groups in total. The van der Waals surface area contributed by atoms with Gasteiger partial charge in [0.15, 0.2) is 9.84 Å². The van der Waals surface area contributed by atoms with Crippen LogP contribution in [0.4, 0.5) is 5.95 Å². The summed E-state index contributed by atoms with van der Waals surface area (Å²) in [7, 11) is -2.84. The van der Waals surface area contributed by atoms with E-state index in [-0.39, 0.29) is 17.5 Å². The Kier molecular flexibility index (Phi) is 2.60. The molecule has 0 saturated carbocycles. The van der Waals surface area contributed by atoms with E-state index < -0.39 is 9.84 Å². The van der Waals surface area contributed by atoms with Crippen LogP contribution >= 0.6 is 0 Å². The summed E-state index contributed by atoms with van der Waals surface area (Å²) in [6.45, 7) is 1.87. The van der Waals surface area contributed by atoms with Crippen LogP contribution in [0.3, 0.4) is 0 Å². The molecule has 1 aromatic rings. The fourth-order valence-electron chi connectivity index (χ4n) is 1.61. The standard InChI is InChI=1S/C9H13N3O2S/c1-7-2-4-10-9(11-7)12-8-3-5-15(13,14)6-8/h2,4,8H,3,5-6H2,1H3,(H,10,11,12). The summed E-state index contributed by atoms with van der Waals surface area (Å²) >= 11 is 0. The molecule has 0 amide bonds. The lowest BCUT2D eigenvalue weighted by atomic mass is 10.3. The van der Waals surface area contributed by atoms with E-state index in [0.29, 0.717) is 12.4 Å². The van der Waals surface area contributed by atoms with Crippen LogP contribution in [0.25, 0.3) is 0 Å². The number of nitrogens with one attached hydrogen (secondary N) is 1. The highest BCUT2D eigenvalue weighted by atomic mass is 32.2. The van der Waals surface area contributed by atoms with Gasteiger partial charge in [-0.1, -0.05) is 0 Å². The van der Waals surface area contributed by atoms with E-state index in [0.717, 1.165) is 5.69 Å². The minimum atomic E-state index is -2.84. The second-order valence-corrected chi connectivity index (χ2v) is 5.99. The fraction of sp³-hybridized carbons (Fsp3) is 0.556. The normalized spacial score (nSPS) is 23.9. The quantitative estimate of drug-likeness (QED) is 0.791.